The first-order valence-corrected chi connectivity index (χ1v) is 10.8. The molecular weight excluding hydrogens is 434 g/mol. The molecule has 1 fully saturated rings. The van der Waals surface area contributed by atoms with Gasteiger partial charge in [0.1, 0.15) is 6.61 Å². The van der Waals surface area contributed by atoms with Crippen molar-refractivity contribution in [3.05, 3.63) is 70.4 Å². The maximum atomic E-state index is 11.0. The average molecular weight is 460 g/mol. The van der Waals surface area contributed by atoms with Crippen LogP contribution in [0.15, 0.2) is 36.4 Å². The van der Waals surface area contributed by atoms with E-state index in [4.69, 9.17) is 31.8 Å². The summed E-state index contributed by atoms with van der Waals surface area (Å²) in [6, 6.07) is 10.4. The molecule has 0 atom stereocenters. The Morgan fingerprint density at radius 1 is 1.03 bits per heavy atom. The summed E-state index contributed by atoms with van der Waals surface area (Å²) < 4.78 is 22.1. The van der Waals surface area contributed by atoms with Crippen molar-refractivity contribution >= 4 is 42.5 Å². The lowest BCUT2D eigenvalue weighted by molar-refractivity contribution is -0.142. The Hall–Kier alpha value is -3.14. The summed E-state index contributed by atoms with van der Waals surface area (Å²) in [4.78, 5) is 17.8. The lowest BCUT2D eigenvalue weighted by atomic mass is 9.76. The van der Waals surface area contributed by atoms with E-state index >= 15 is 0 Å². The molecule has 174 valence electrons. The van der Waals surface area contributed by atoms with Crippen molar-refractivity contribution in [3.8, 4) is 0 Å². The number of carbonyl (C=O) groups excluding carboxylic acids is 1. The molecule has 2 aromatic rings. The van der Waals surface area contributed by atoms with Crippen LogP contribution in [0.1, 0.15) is 45.7 Å². The Kier molecular flexibility index (Phi) is 7.50. The van der Waals surface area contributed by atoms with Crippen LogP contribution in [-0.2, 0) is 36.7 Å². The molecule has 1 saturated heterocycles. The van der Waals surface area contributed by atoms with Crippen molar-refractivity contribution in [1.29, 1.82) is 0 Å². The van der Waals surface area contributed by atoms with Crippen molar-refractivity contribution in [2.75, 3.05) is 0 Å². The van der Waals surface area contributed by atoms with Crippen LogP contribution < -0.4 is 10.9 Å². The largest absolute Gasteiger partial charge is 0.493 e. The van der Waals surface area contributed by atoms with Gasteiger partial charge in [0, 0.05) is 6.92 Å². The Bertz CT molecular complexity index is 1150. The maximum absolute atomic E-state index is 11.0. The van der Waals surface area contributed by atoms with Gasteiger partial charge in [0.15, 0.2) is 11.4 Å². The van der Waals surface area contributed by atoms with E-state index in [1.54, 1.807) is 30.3 Å². The van der Waals surface area contributed by atoms with Crippen LogP contribution in [0, 0.1) is 13.1 Å². The second-order valence-corrected chi connectivity index (χ2v) is 9.02. The smallest absolute Gasteiger partial charge is 0.461 e. The third-order valence-corrected chi connectivity index (χ3v) is 6.12. The molecule has 0 aromatic heterocycles. The quantitative estimate of drug-likeness (QED) is 0.431. The number of nitrogens with zero attached hydrogens (tertiary/aromatic N) is 2. The molecule has 0 spiro atoms. The molecule has 2 aliphatic rings. The van der Waals surface area contributed by atoms with E-state index in [1.165, 1.54) is 6.92 Å². The zero-order valence-electron chi connectivity index (χ0n) is 19.9. The van der Waals surface area contributed by atoms with Crippen LogP contribution in [0.4, 0.5) is 11.4 Å². The molecule has 10 heteroatoms. The summed E-state index contributed by atoms with van der Waals surface area (Å²) in [6.45, 7) is 23.8. The molecule has 2 aliphatic heterocycles. The fraction of sp³-hybridized carbons (Fsp3) is 0.375. The van der Waals surface area contributed by atoms with Crippen molar-refractivity contribution in [2.45, 2.75) is 59.0 Å². The van der Waals surface area contributed by atoms with Gasteiger partial charge in [-0.05, 0) is 49.7 Å². The zero-order chi connectivity index (χ0) is 25.1. The van der Waals surface area contributed by atoms with Crippen LogP contribution in [-0.4, -0.2) is 36.4 Å². The number of hydrogen-bond donors (Lipinski definition) is 1. The lowest BCUT2D eigenvalue weighted by Gasteiger charge is -2.32. The molecule has 2 heterocycles. The van der Waals surface area contributed by atoms with Gasteiger partial charge in [-0.1, -0.05) is 36.4 Å². The van der Waals surface area contributed by atoms with Crippen LogP contribution in [0.5, 0.6) is 0 Å². The summed E-state index contributed by atoms with van der Waals surface area (Å²) >= 11 is 0. The summed E-state index contributed by atoms with van der Waals surface area (Å²) in [5, 5.41) is 9.28. The number of rotatable bonds is 3. The molecule has 8 nitrogen and oxygen atoms in total. The summed E-state index contributed by atoms with van der Waals surface area (Å²) in [5.74, 6) is -0.353. The minimum absolute atomic E-state index is 0.132. The van der Waals surface area contributed by atoms with E-state index in [0.29, 0.717) is 18.0 Å². The second-order valence-electron chi connectivity index (χ2n) is 9.02. The molecule has 0 bridgehead atoms. The molecule has 4 rings (SSSR count). The van der Waals surface area contributed by atoms with Crippen molar-refractivity contribution in [1.82, 2.24) is 0 Å². The van der Waals surface area contributed by atoms with Gasteiger partial charge in [-0.2, -0.15) is 0 Å². The lowest BCUT2D eigenvalue weighted by Crippen LogP contribution is -2.41. The van der Waals surface area contributed by atoms with Gasteiger partial charge in [-0.25, -0.2) is 9.69 Å². The zero-order valence-corrected chi connectivity index (χ0v) is 19.9. The highest BCUT2D eigenvalue weighted by molar-refractivity contribution is 6.63. The van der Waals surface area contributed by atoms with E-state index in [-0.39, 0.29) is 12.6 Å². The molecule has 0 radical (unpaired) electrons. The van der Waals surface area contributed by atoms with E-state index in [1.807, 2.05) is 33.8 Å². The van der Waals surface area contributed by atoms with Gasteiger partial charge in [-0.15, -0.1) is 0 Å². The molecule has 0 aliphatic carbocycles. The van der Waals surface area contributed by atoms with Gasteiger partial charge >= 0.3 is 20.2 Å². The molecule has 0 saturated carbocycles. The first kappa shape index (κ1) is 25.5. The number of fused-ring (bicyclic) bond motifs is 1. The highest BCUT2D eigenvalue weighted by Crippen LogP contribution is 2.37. The Morgan fingerprint density at radius 3 is 2.15 bits per heavy atom. The Labute approximate surface area is 200 Å². The van der Waals surface area contributed by atoms with Crippen molar-refractivity contribution in [2.24, 2.45) is 0 Å². The van der Waals surface area contributed by atoms with Gasteiger partial charge in [0.25, 0.3) is 0 Å². The fourth-order valence-electron chi connectivity index (χ4n) is 3.42. The second kappa shape index (κ2) is 10.0. The molecule has 0 unspecified atom stereocenters. The number of esters is 1. The number of benzene rings is 2. The van der Waals surface area contributed by atoms with Crippen molar-refractivity contribution in [3.63, 3.8) is 0 Å². The minimum atomic E-state index is -0.846. The first-order valence-electron chi connectivity index (χ1n) is 10.8. The van der Waals surface area contributed by atoms with Gasteiger partial charge in [0.05, 0.1) is 31.0 Å². The van der Waals surface area contributed by atoms with Crippen molar-refractivity contribution < 1.29 is 28.5 Å². The average Bonchev–Trinajstić information content (AvgIpc) is 3.27. The van der Waals surface area contributed by atoms with Crippen LogP contribution in [0.25, 0.3) is 9.69 Å². The maximum Gasteiger partial charge on any atom is 0.493 e. The summed E-state index contributed by atoms with van der Waals surface area (Å²) in [7, 11) is -1.43. The number of hydrogen-bond acceptors (Lipinski definition) is 6. The van der Waals surface area contributed by atoms with Crippen LogP contribution in [0.3, 0.4) is 0 Å². The van der Waals surface area contributed by atoms with Crippen LogP contribution >= 0.6 is 0 Å². The molecule has 2 aromatic carbocycles. The predicted molar refractivity (Wildman–Crippen MR) is 129 cm³/mol. The van der Waals surface area contributed by atoms with E-state index in [0.717, 1.165) is 22.1 Å². The SMILES string of the molecule is [C-]#[N+]c1ccc(COC(C)=O)c(B2OC(C)(C)C(C)(C)O2)c1.[C-]#[N+]c1ccc2c(c1)B(O)OC2. The Balaban J connectivity index is 0.000000226. The Morgan fingerprint density at radius 2 is 1.59 bits per heavy atom. The topological polar surface area (TPSA) is 82.9 Å². The minimum Gasteiger partial charge on any atom is -0.461 e. The van der Waals surface area contributed by atoms with E-state index < -0.39 is 25.4 Å². The normalized spacial score (nSPS) is 17.2. The van der Waals surface area contributed by atoms with Gasteiger partial charge in [0.2, 0.25) is 0 Å². The molecule has 1 N–H and O–H groups in total. The molecule has 34 heavy (non-hydrogen) atoms. The monoisotopic (exact) mass is 460 g/mol. The third-order valence-electron chi connectivity index (χ3n) is 6.12. The van der Waals surface area contributed by atoms with E-state index in [9.17, 15) is 9.82 Å². The highest BCUT2D eigenvalue weighted by atomic mass is 16.7. The molecule has 0 amide bonds. The fourth-order valence-corrected chi connectivity index (χ4v) is 3.42. The first-order chi connectivity index (χ1) is 16.0. The predicted octanol–water partition coefficient (Wildman–Crippen LogP) is 3.05. The summed E-state index contributed by atoms with van der Waals surface area (Å²) in [5.41, 5.74) is 3.30. The van der Waals surface area contributed by atoms with E-state index in [2.05, 4.69) is 9.69 Å². The van der Waals surface area contributed by atoms with Crippen LogP contribution in [0.2, 0.25) is 0 Å². The molecular formula is C24H26B2N2O6. The van der Waals surface area contributed by atoms with Gasteiger partial charge in [-0.3, -0.25) is 4.79 Å². The highest BCUT2D eigenvalue weighted by Gasteiger charge is 2.52. The summed E-state index contributed by atoms with van der Waals surface area (Å²) in [6.07, 6.45) is 0. The number of carbonyl (C=O) groups is 1. The standard InChI is InChI=1S/C16H20BNO4.C8H6BNO2/c1-11(19)20-10-12-7-8-13(18-6)9-14(12)17-21-15(2,3)16(4,5)22-17;1-10-7-3-2-6-5-12-9(11)8(6)4-7/h7-9H,10H2,1-5H3;2-4,11H,5H2. The number of ether oxygens (including phenoxy) is 1. The van der Waals surface area contributed by atoms with Gasteiger partial charge < -0.3 is 23.7 Å². The third kappa shape index (κ3) is 5.49.